The average Bonchev–Trinajstić information content (AvgIpc) is 2.41. The van der Waals surface area contributed by atoms with E-state index in [1.54, 1.807) is 24.3 Å². The van der Waals surface area contributed by atoms with Crippen LogP contribution in [0.3, 0.4) is 0 Å². The van der Waals surface area contributed by atoms with Crippen LogP contribution >= 0.6 is 23.2 Å². The first-order chi connectivity index (χ1) is 9.42. The third-order valence-electron chi connectivity index (χ3n) is 2.77. The number of sulfonamides is 1. The van der Waals surface area contributed by atoms with Gasteiger partial charge in [-0.2, -0.15) is 0 Å². The van der Waals surface area contributed by atoms with Crippen molar-refractivity contribution in [1.29, 1.82) is 0 Å². The SMILES string of the molecule is CCc1cccc(NS(=O)(=O)c2cc(Cl)ccc2Cl)c1. The summed E-state index contributed by atoms with van der Waals surface area (Å²) < 4.78 is 27.1. The summed E-state index contributed by atoms with van der Waals surface area (Å²) in [4.78, 5) is -0.0337. The molecule has 0 fully saturated rings. The van der Waals surface area contributed by atoms with Crippen molar-refractivity contribution in [3.8, 4) is 0 Å². The summed E-state index contributed by atoms with van der Waals surface area (Å²) >= 11 is 11.8. The smallest absolute Gasteiger partial charge is 0.263 e. The quantitative estimate of drug-likeness (QED) is 0.905. The van der Waals surface area contributed by atoms with Gasteiger partial charge in [-0.05, 0) is 42.3 Å². The second-order valence-electron chi connectivity index (χ2n) is 4.23. The Balaban J connectivity index is 2.38. The van der Waals surface area contributed by atoms with Gasteiger partial charge in [0.15, 0.2) is 0 Å². The fourth-order valence-electron chi connectivity index (χ4n) is 1.75. The van der Waals surface area contributed by atoms with Crippen LogP contribution in [0.25, 0.3) is 0 Å². The Morgan fingerprint density at radius 3 is 2.55 bits per heavy atom. The van der Waals surface area contributed by atoms with E-state index in [4.69, 9.17) is 23.2 Å². The molecule has 0 radical (unpaired) electrons. The van der Waals surface area contributed by atoms with Gasteiger partial charge >= 0.3 is 0 Å². The van der Waals surface area contributed by atoms with E-state index in [1.165, 1.54) is 12.1 Å². The highest BCUT2D eigenvalue weighted by Gasteiger charge is 2.18. The molecule has 1 N–H and O–H groups in total. The van der Waals surface area contributed by atoms with E-state index in [1.807, 2.05) is 13.0 Å². The molecule has 0 atom stereocenters. The van der Waals surface area contributed by atoms with Gasteiger partial charge in [0.2, 0.25) is 0 Å². The van der Waals surface area contributed by atoms with Gasteiger partial charge in [0.1, 0.15) is 4.90 Å². The Morgan fingerprint density at radius 1 is 1.10 bits per heavy atom. The van der Waals surface area contributed by atoms with E-state index in [0.29, 0.717) is 10.7 Å². The van der Waals surface area contributed by atoms with E-state index in [-0.39, 0.29) is 9.92 Å². The third-order valence-corrected chi connectivity index (χ3v) is 4.87. The first-order valence-electron chi connectivity index (χ1n) is 5.99. The van der Waals surface area contributed by atoms with Gasteiger partial charge in [-0.1, -0.05) is 42.3 Å². The number of halogens is 2. The lowest BCUT2D eigenvalue weighted by molar-refractivity contribution is 0.601. The highest BCUT2D eigenvalue weighted by Crippen LogP contribution is 2.27. The number of nitrogens with one attached hydrogen (secondary N) is 1. The molecule has 0 amide bonds. The number of benzene rings is 2. The molecule has 0 saturated carbocycles. The molecule has 0 spiro atoms. The summed E-state index contributed by atoms with van der Waals surface area (Å²) in [5.41, 5.74) is 1.54. The highest BCUT2D eigenvalue weighted by molar-refractivity contribution is 7.92. The Morgan fingerprint density at radius 2 is 1.85 bits per heavy atom. The van der Waals surface area contributed by atoms with Crippen molar-refractivity contribution in [3.63, 3.8) is 0 Å². The van der Waals surface area contributed by atoms with E-state index in [9.17, 15) is 8.42 Å². The summed E-state index contributed by atoms with van der Waals surface area (Å²) in [6, 6.07) is 11.5. The zero-order chi connectivity index (χ0) is 14.8. The zero-order valence-electron chi connectivity index (χ0n) is 10.7. The molecule has 2 aromatic carbocycles. The zero-order valence-corrected chi connectivity index (χ0v) is 13.1. The molecule has 0 saturated heterocycles. The number of aryl methyl sites for hydroxylation is 1. The summed E-state index contributed by atoms with van der Waals surface area (Å²) in [6.07, 6.45) is 0.827. The molecule has 6 heteroatoms. The summed E-state index contributed by atoms with van der Waals surface area (Å²) in [7, 11) is -3.76. The van der Waals surface area contributed by atoms with Gasteiger partial charge in [-0.3, -0.25) is 4.72 Å². The second-order valence-corrected chi connectivity index (χ2v) is 6.73. The van der Waals surface area contributed by atoms with Gasteiger partial charge < -0.3 is 0 Å². The predicted molar refractivity (Wildman–Crippen MR) is 83.1 cm³/mol. The van der Waals surface area contributed by atoms with Crippen LogP contribution in [0.4, 0.5) is 5.69 Å². The Bertz CT molecular complexity index is 730. The van der Waals surface area contributed by atoms with Crippen LogP contribution in [0.2, 0.25) is 10.0 Å². The lowest BCUT2D eigenvalue weighted by atomic mass is 10.1. The molecule has 3 nitrogen and oxygen atoms in total. The monoisotopic (exact) mass is 329 g/mol. The standard InChI is InChI=1S/C14H13Cl2NO2S/c1-2-10-4-3-5-12(8-10)17-20(18,19)14-9-11(15)6-7-13(14)16/h3-9,17H,2H2,1H3. The second kappa shape index (κ2) is 6.04. The van der Waals surface area contributed by atoms with Crippen LogP contribution in [-0.4, -0.2) is 8.42 Å². The van der Waals surface area contributed by atoms with Gasteiger partial charge in [-0.15, -0.1) is 0 Å². The Kier molecular flexibility index (Phi) is 4.58. The fraction of sp³-hybridized carbons (Fsp3) is 0.143. The summed E-state index contributed by atoms with van der Waals surface area (Å²) in [6.45, 7) is 2.00. The normalized spacial score (nSPS) is 11.3. The fourth-order valence-corrected chi connectivity index (χ4v) is 3.56. The van der Waals surface area contributed by atoms with Crippen LogP contribution in [0.15, 0.2) is 47.4 Å². The molecular formula is C14H13Cl2NO2S. The van der Waals surface area contributed by atoms with Crippen LogP contribution in [0, 0.1) is 0 Å². The molecule has 0 aliphatic carbocycles. The molecule has 0 heterocycles. The molecule has 20 heavy (non-hydrogen) atoms. The number of rotatable bonds is 4. The first-order valence-corrected chi connectivity index (χ1v) is 8.23. The molecule has 2 rings (SSSR count). The van der Waals surface area contributed by atoms with Crippen LogP contribution in [-0.2, 0) is 16.4 Å². The minimum Gasteiger partial charge on any atom is -0.280 e. The minimum absolute atomic E-state index is 0.0337. The average molecular weight is 330 g/mol. The maximum atomic E-state index is 12.3. The van der Waals surface area contributed by atoms with Crippen molar-refractivity contribution in [3.05, 3.63) is 58.1 Å². The molecule has 2 aromatic rings. The van der Waals surface area contributed by atoms with Crippen molar-refractivity contribution >= 4 is 38.9 Å². The van der Waals surface area contributed by atoms with E-state index < -0.39 is 10.0 Å². The van der Waals surface area contributed by atoms with Crippen LogP contribution < -0.4 is 4.72 Å². The van der Waals surface area contributed by atoms with Crippen molar-refractivity contribution in [2.75, 3.05) is 4.72 Å². The number of hydrogen-bond acceptors (Lipinski definition) is 2. The molecule has 0 unspecified atom stereocenters. The summed E-state index contributed by atoms with van der Waals surface area (Å²) in [5, 5.41) is 0.450. The first kappa shape index (κ1) is 15.2. The minimum atomic E-state index is -3.76. The van der Waals surface area contributed by atoms with E-state index >= 15 is 0 Å². The van der Waals surface area contributed by atoms with Gasteiger partial charge in [0, 0.05) is 10.7 Å². The van der Waals surface area contributed by atoms with Crippen LogP contribution in [0.1, 0.15) is 12.5 Å². The lowest BCUT2D eigenvalue weighted by Crippen LogP contribution is -2.13. The van der Waals surface area contributed by atoms with E-state index in [0.717, 1.165) is 12.0 Å². The van der Waals surface area contributed by atoms with Gasteiger partial charge in [0.05, 0.1) is 5.02 Å². The predicted octanol–water partition coefficient (Wildman–Crippen LogP) is 4.36. The highest BCUT2D eigenvalue weighted by atomic mass is 35.5. The van der Waals surface area contributed by atoms with E-state index in [2.05, 4.69) is 4.72 Å². The molecular weight excluding hydrogens is 317 g/mol. The van der Waals surface area contributed by atoms with Crippen molar-refractivity contribution in [2.24, 2.45) is 0 Å². The molecule has 0 aliphatic heterocycles. The van der Waals surface area contributed by atoms with Gasteiger partial charge in [-0.25, -0.2) is 8.42 Å². The topological polar surface area (TPSA) is 46.2 Å². The molecule has 0 bridgehead atoms. The van der Waals surface area contributed by atoms with Crippen LogP contribution in [0.5, 0.6) is 0 Å². The van der Waals surface area contributed by atoms with Crippen molar-refractivity contribution in [1.82, 2.24) is 0 Å². The Hall–Kier alpha value is -1.23. The maximum absolute atomic E-state index is 12.3. The number of hydrogen-bond donors (Lipinski definition) is 1. The maximum Gasteiger partial charge on any atom is 0.263 e. The molecule has 0 aliphatic rings. The Labute approximate surface area is 128 Å². The molecule has 106 valence electrons. The number of anilines is 1. The van der Waals surface area contributed by atoms with Gasteiger partial charge in [0.25, 0.3) is 10.0 Å². The lowest BCUT2D eigenvalue weighted by Gasteiger charge is -2.10. The summed E-state index contributed by atoms with van der Waals surface area (Å²) in [5.74, 6) is 0. The third kappa shape index (κ3) is 3.45. The van der Waals surface area contributed by atoms with Crippen molar-refractivity contribution < 1.29 is 8.42 Å². The van der Waals surface area contributed by atoms with Crippen molar-refractivity contribution in [2.45, 2.75) is 18.2 Å². The largest absolute Gasteiger partial charge is 0.280 e. The molecule has 0 aromatic heterocycles.